The average molecular weight is 377 g/mol. The van der Waals surface area contributed by atoms with Crippen molar-refractivity contribution in [1.29, 1.82) is 0 Å². The predicted octanol–water partition coefficient (Wildman–Crippen LogP) is 2.17. The van der Waals surface area contributed by atoms with Gasteiger partial charge in [-0.1, -0.05) is 15.9 Å². The van der Waals surface area contributed by atoms with Crippen molar-refractivity contribution in [1.82, 2.24) is 9.21 Å². The van der Waals surface area contributed by atoms with E-state index >= 15 is 0 Å². The van der Waals surface area contributed by atoms with Crippen LogP contribution in [0, 0.1) is 0 Å². The third-order valence-corrected chi connectivity index (χ3v) is 6.43. The second-order valence-corrected chi connectivity index (χ2v) is 8.23. The molecule has 118 valence electrons. The van der Waals surface area contributed by atoms with E-state index in [1.807, 2.05) is 0 Å². The smallest absolute Gasteiger partial charge is 0.246 e. The summed E-state index contributed by atoms with van der Waals surface area (Å²) < 4.78 is 33.1. The van der Waals surface area contributed by atoms with Crippen LogP contribution in [-0.4, -0.2) is 58.0 Å². The van der Waals surface area contributed by atoms with Gasteiger partial charge >= 0.3 is 0 Å². The van der Waals surface area contributed by atoms with Crippen LogP contribution in [0.4, 0.5) is 0 Å². The lowest BCUT2D eigenvalue weighted by molar-refractivity contribution is 0.197. The summed E-state index contributed by atoms with van der Waals surface area (Å²) in [5.74, 6) is 0.365. The zero-order chi connectivity index (χ0) is 15.6. The first-order valence-corrected chi connectivity index (χ1v) is 9.09. The van der Waals surface area contributed by atoms with Gasteiger partial charge in [-0.15, -0.1) is 0 Å². The third kappa shape index (κ3) is 3.59. The van der Waals surface area contributed by atoms with Crippen LogP contribution in [-0.2, 0) is 10.0 Å². The summed E-state index contributed by atoms with van der Waals surface area (Å²) >= 11 is 3.33. The highest BCUT2D eigenvalue weighted by molar-refractivity contribution is 9.10. The summed E-state index contributed by atoms with van der Waals surface area (Å²) in [5.41, 5.74) is 0. The third-order valence-electron chi connectivity index (χ3n) is 3.99. The molecule has 1 heterocycles. The van der Waals surface area contributed by atoms with Gasteiger partial charge in [0.2, 0.25) is 10.0 Å². The molecule has 0 spiro atoms. The molecule has 0 bridgehead atoms. The number of hydrogen-bond acceptors (Lipinski definition) is 4. The molecular formula is C14H21BrN2O3S. The first kappa shape index (κ1) is 16.7. The lowest BCUT2D eigenvalue weighted by atomic mass is 10.1. The number of halogens is 1. The highest BCUT2D eigenvalue weighted by atomic mass is 79.9. The molecule has 0 radical (unpaired) electrons. The van der Waals surface area contributed by atoms with Crippen LogP contribution >= 0.6 is 15.9 Å². The molecule has 1 aliphatic rings. The van der Waals surface area contributed by atoms with E-state index in [4.69, 9.17) is 4.74 Å². The zero-order valence-electron chi connectivity index (χ0n) is 12.5. The van der Waals surface area contributed by atoms with Gasteiger partial charge in [0.15, 0.2) is 0 Å². The molecule has 1 aromatic carbocycles. The van der Waals surface area contributed by atoms with E-state index in [1.54, 1.807) is 25.2 Å². The van der Waals surface area contributed by atoms with Gasteiger partial charge in [0.25, 0.3) is 0 Å². The Balaban J connectivity index is 2.29. The number of benzene rings is 1. The largest absolute Gasteiger partial charge is 0.495 e. The highest BCUT2D eigenvalue weighted by Gasteiger charge is 2.32. The van der Waals surface area contributed by atoms with Crippen molar-refractivity contribution < 1.29 is 13.2 Å². The molecule has 5 nitrogen and oxygen atoms in total. The number of sulfonamides is 1. The highest BCUT2D eigenvalue weighted by Crippen LogP contribution is 2.31. The molecule has 1 fully saturated rings. The van der Waals surface area contributed by atoms with Crippen molar-refractivity contribution in [2.45, 2.75) is 23.8 Å². The van der Waals surface area contributed by atoms with Gasteiger partial charge in [-0.3, -0.25) is 0 Å². The van der Waals surface area contributed by atoms with E-state index in [-0.39, 0.29) is 10.9 Å². The molecule has 0 unspecified atom stereocenters. The Morgan fingerprint density at radius 3 is 2.52 bits per heavy atom. The van der Waals surface area contributed by atoms with E-state index in [9.17, 15) is 8.42 Å². The molecule has 0 atom stereocenters. The lowest BCUT2D eigenvalue weighted by Gasteiger charge is -2.34. The molecule has 21 heavy (non-hydrogen) atoms. The fourth-order valence-corrected chi connectivity index (χ4v) is 4.45. The van der Waals surface area contributed by atoms with Gasteiger partial charge in [0, 0.05) is 17.6 Å². The number of hydrogen-bond donors (Lipinski definition) is 0. The summed E-state index contributed by atoms with van der Waals surface area (Å²) in [7, 11) is 1.65. The SMILES string of the molecule is COc1cc(Br)ccc1S(=O)(=O)N(C)C1CCN(C)CC1. The molecule has 0 N–H and O–H groups in total. The molecule has 2 rings (SSSR count). The molecule has 0 saturated carbocycles. The molecule has 0 aliphatic carbocycles. The monoisotopic (exact) mass is 376 g/mol. The maximum Gasteiger partial charge on any atom is 0.246 e. The predicted molar refractivity (Wildman–Crippen MR) is 86.2 cm³/mol. The Kier molecular flexibility index (Phi) is 5.29. The van der Waals surface area contributed by atoms with Gasteiger partial charge in [0.1, 0.15) is 10.6 Å². The van der Waals surface area contributed by atoms with Crippen molar-refractivity contribution in [2.24, 2.45) is 0 Å². The molecular weight excluding hydrogens is 356 g/mol. The first-order valence-electron chi connectivity index (χ1n) is 6.86. The maximum atomic E-state index is 12.8. The Morgan fingerprint density at radius 1 is 1.33 bits per heavy atom. The molecule has 0 amide bonds. The maximum absolute atomic E-state index is 12.8. The van der Waals surface area contributed by atoms with Crippen LogP contribution in [0.3, 0.4) is 0 Å². The lowest BCUT2D eigenvalue weighted by Crippen LogP contribution is -2.44. The van der Waals surface area contributed by atoms with E-state index < -0.39 is 10.0 Å². The van der Waals surface area contributed by atoms with Crippen LogP contribution in [0.2, 0.25) is 0 Å². The minimum atomic E-state index is -3.55. The topological polar surface area (TPSA) is 49.9 Å². The van der Waals surface area contributed by atoms with E-state index in [0.29, 0.717) is 5.75 Å². The normalized spacial score (nSPS) is 18.1. The average Bonchev–Trinajstić information content (AvgIpc) is 2.46. The first-order chi connectivity index (χ1) is 9.86. The second kappa shape index (κ2) is 6.64. The van der Waals surface area contributed by atoms with Crippen LogP contribution in [0.1, 0.15) is 12.8 Å². The van der Waals surface area contributed by atoms with Gasteiger partial charge < -0.3 is 9.64 Å². The Hall–Kier alpha value is -0.630. The van der Waals surface area contributed by atoms with Crippen LogP contribution < -0.4 is 4.74 Å². The van der Waals surface area contributed by atoms with E-state index in [2.05, 4.69) is 27.9 Å². The molecule has 0 aromatic heterocycles. The van der Waals surface area contributed by atoms with Crippen molar-refractivity contribution in [3.05, 3.63) is 22.7 Å². The van der Waals surface area contributed by atoms with Crippen LogP contribution in [0.15, 0.2) is 27.6 Å². The summed E-state index contributed by atoms with van der Waals surface area (Å²) in [6.07, 6.45) is 1.70. The summed E-state index contributed by atoms with van der Waals surface area (Å²) in [5, 5.41) is 0. The fraction of sp³-hybridized carbons (Fsp3) is 0.571. The quantitative estimate of drug-likeness (QED) is 0.807. The van der Waals surface area contributed by atoms with Gasteiger partial charge in [-0.2, -0.15) is 4.31 Å². The van der Waals surface area contributed by atoms with Crippen LogP contribution in [0.5, 0.6) is 5.75 Å². The van der Waals surface area contributed by atoms with Crippen molar-refractivity contribution in [3.63, 3.8) is 0 Å². The minimum Gasteiger partial charge on any atom is -0.495 e. The Labute approximate surface area is 135 Å². The summed E-state index contributed by atoms with van der Waals surface area (Å²) in [6, 6.07) is 5.02. The number of rotatable bonds is 4. The van der Waals surface area contributed by atoms with E-state index in [0.717, 1.165) is 30.4 Å². The number of likely N-dealkylation sites (tertiary alicyclic amines) is 1. The van der Waals surface area contributed by atoms with Crippen molar-refractivity contribution >= 4 is 26.0 Å². The number of methoxy groups -OCH3 is 1. The number of piperidine rings is 1. The standard InChI is InChI=1S/C14H21BrN2O3S/c1-16-8-6-12(7-9-16)17(2)21(18,19)14-5-4-11(15)10-13(14)20-3/h4-5,10,12H,6-9H2,1-3H3. The van der Waals surface area contributed by atoms with Gasteiger partial charge in [-0.25, -0.2) is 8.42 Å². The minimum absolute atomic E-state index is 0.0413. The summed E-state index contributed by atoms with van der Waals surface area (Å²) in [4.78, 5) is 2.44. The Morgan fingerprint density at radius 2 is 1.95 bits per heavy atom. The zero-order valence-corrected chi connectivity index (χ0v) is 14.9. The van der Waals surface area contributed by atoms with Gasteiger partial charge in [0.05, 0.1) is 7.11 Å². The number of ether oxygens (including phenoxy) is 1. The van der Waals surface area contributed by atoms with E-state index in [1.165, 1.54) is 11.4 Å². The second-order valence-electron chi connectivity index (χ2n) is 5.35. The fourth-order valence-electron chi connectivity index (χ4n) is 2.56. The van der Waals surface area contributed by atoms with Crippen molar-refractivity contribution in [3.8, 4) is 5.75 Å². The summed E-state index contributed by atoms with van der Waals surface area (Å²) in [6.45, 7) is 1.84. The van der Waals surface area contributed by atoms with Crippen molar-refractivity contribution in [2.75, 3.05) is 34.3 Å². The molecule has 1 aliphatic heterocycles. The molecule has 7 heteroatoms. The molecule has 1 saturated heterocycles. The van der Waals surface area contributed by atoms with Gasteiger partial charge in [-0.05, 0) is 51.2 Å². The van der Waals surface area contributed by atoms with Crippen LogP contribution in [0.25, 0.3) is 0 Å². The number of nitrogens with zero attached hydrogens (tertiary/aromatic N) is 2. The molecule has 1 aromatic rings. The Bertz CT molecular complexity index is 598.